The van der Waals surface area contributed by atoms with E-state index in [0.29, 0.717) is 19.3 Å². The SMILES string of the molecule is CCCCCC(O)C#CC1CC2C(=NOCC(=O)O)CC2C1O. The van der Waals surface area contributed by atoms with Gasteiger partial charge in [-0.3, -0.25) is 0 Å². The maximum Gasteiger partial charge on any atom is 0.344 e. The van der Waals surface area contributed by atoms with Crippen molar-refractivity contribution in [3.05, 3.63) is 0 Å². The maximum atomic E-state index is 10.4. The molecule has 0 aromatic heterocycles. The zero-order valence-electron chi connectivity index (χ0n) is 13.4. The van der Waals surface area contributed by atoms with Gasteiger partial charge in [-0.15, -0.1) is 0 Å². The van der Waals surface area contributed by atoms with Crippen LogP contribution in [0.4, 0.5) is 0 Å². The van der Waals surface area contributed by atoms with Gasteiger partial charge in [0.05, 0.1) is 11.8 Å². The minimum absolute atomic E-state index is 0.121. The number of hydrogen-bond acceptors (Lipinski definition) is 5. The highest BCUT2D eigenvalue weighted by Gasteiger charge is 2.51. The molecule has 2 saturated carbocycles. The molecule has 128 valence electrons. The summed E-state index contributed by atoms with van der Waals surface area (Å²) >= 11 is 0. The van der Waals surface area contributed by atoms with Gasteiger partial charge in [-0.05, 0) is 31.6 Å². The van der Waals surface area contributed by atoms with Crippen molar-refractivity contribution in [1.82, 2.24) is 0 Å². The molecule has 0 spiro atoms. The van der Waals surface area contributed by atoms with E-state index in [9.17, 15) is 15.0 Å². The van der Waals surface area contributed by atoms with Crippen LogP contribution >= 0.6 is 0 Å². The normalized spacial score (nSPS) is 31.7. The number of carboxylic acids is 1. The molecule has 6 heteroatoms. The summed E-state index contributed by atoms with van der Waals surface area (Å²) in [5, 5.41) is 32.5. The lowest BCUT2D eigenvalue weighted by Crippen LogP contribution is -2.38. The van der Waals surface area contributed by atoms with Crippen LogP contribution in [0.3, 0.4) is 0 Å². The molecular weight excluding hydrogens is 298 g/mol. The third-order valence-electron chi connectivity index (χ3n) is 4.63. The molecule has 2 rings (SSSR count). The van der Waals surface area contributed by atoms with E-state index < -0.39 is 24.8 Å². The number of hydrogen-bond donors (Lipinski definition) is 3. The van der Waals surface area contributed by atoms with Gasteiger partial charge in [-0.25, -0.2) is 4.79 Å². The summed E-state index contributed by atoms with van der Waals surface area (Å²) in [4.78, 5) is 15.1. The number of aliphatic carboxylic acids is 1. The van der Waals surface area contributed by atoms with Gasteiger partial charge >= 0.3 is 5.97 Å². The second-order valence-corrected chi connectivity index (χ2v) is 6.36. The summed E-state index contributed by atoms with van der Waals surface area (Å²) < 4.78 is 0. The Morgan fingerprint density at radius 2 is 2.26 bits per heavy atom. The lowest BCUT2D eigenvalue weighted by Gasteiger charge is -2.33. The molecule has 2 aliphatic rings. The lowest BCUT2D eigenvalue weighted by atomic mass is 9.73. The molecule has 0 aliphatic heterocycles. The van der Waals surface area contributed by atoms with Gasteiger partial charge in [0.15, 0.2) is 0 Å². The maximum absolute atomic E-state index is 10.4. The summed E-state index contributed by atoms with van der Waals surface area (Å²) in [6, 6.07) is 0. The van der Waals surface area contributed by atoms with Crippen molar-refractivity contribution >= 4 is 11.7 Å². The average Bonchev–Trinajstić information content (AvgIpc) is 2.73. The van der Waals surface area contributed by atoms with Gasteiger partial charge in [0.1, 0.15) is 6.10 Å². The molecule has 0 aromatic rings. The lowest BCUT2D eigenvalue weighted by molar-refractivity contribution is -0.142. The second-order valence-electron chi connectivity index (χ2n) is 6.36. The first-order chi connectivity index (χ1) is 11.0. The Bertz CT molecular complexity index is 507. The fourth-order valence-corrected chi connectivity index (χ4v) is 3.29. The van der Waals surface area contributed by atoms with E-state index in [2.05, 4.69) is 23.9 Å². The molecule has 0 saturated heterocycles. The van der Waals surface area contributed by atoms with E-state index in [4.69, 9.17) is 9.94 Å². The van der Waals surface area contributed by atoms with E-state index in [0.717, 1.165) is 25.0 Å². The first kappa shape index (κ1) is 17.8. The number of nitrogens with zero attached hydrogens (tertiary/aromatic N) is 1. The van der Waals surface area contributed by atoms with Gasteiger partial charge in [-0.1, -0.05) is 36.8 Å². The number of oxime groups is 1. The highest BCUT2D eigenvalue weighted by Crippen LogP contribution is 2.47. The van der Waals surface area contributed by atoms with Crippen molar-refractivity contribution in [2.45, 2.75) is 57.7 Å². The van der Waals surface area contributed by atoms with Crippen LogP contribution in [0.2, 0.25) is 0 Å². The third-order valence-corrected chi connectivity index (χ3v) is 4.63. The molecule has 2 fully saturated rings. The Labute approximate surface area is 136 Å². The standard InChI is InChI=1S/C17H25NO5/c1-2-3-4-5-12(19)7-6-11-8-13-14(17(11)22)9-15(13)18-23-10-16(20)21/h11-14,17,19,22H,2-5,8-10H2,1H3,(H,20,21). The van der Waals surface area contributed by atoms with Gasteiger partial charge in [0, 0.05) is 11.8 Å². The molecule has 0 aromatic carbocycles. The molecule has 23 heavy (non-hydrogen) atoms. The topological polar surface area (TPSA) is 99.4 Å². The Hall–Kier alpha value is -1.58. The van der Waals surface area contributed by atoms with Gasteiger partial charge in [-0.2, -0.15) is 0 Å². The molecule has 5 atom stereocenters. The molecule has 5 unspecified atom stereocenters. The van der Waals surface area contributed by atoms with Gasteiger partial charge in [0.2, 0.25) is 6.61 Å². The van der Waals surface area contributed by atoms with Crippen LogP contribution in [-0.4, -0.2) is 45.8 Å². The number of carboxylic acid groups (broad SMARTS) is 1. The Morgan fingerprint density at radius 3 is 2.96 bits per heavy atom. The minimum Gasteiger partial charge on any atom is -0.479 e. The largest absolute Gasteiger partial charge is 0.479 e. The summed E-state index contributed by atoms with van der Waals surface area (Å²) in [6.07, 6.45) is 4.02. The highest BCUT2D eigenvalue weighted by atomic mass is 16.6. The van der Waals surface area contributed by atoms with Crippen molar-refractivity contribution in [1.29, 1.82) is 0 Å². The van der Waals surface area contributed by atoms with E-state index in [1.54, 1.807) is 0 Å². The number of fused-ring (bicyclic) bond motifs is 1. The smallest absolute Gasteiger partial charge is 0.344 e. The molecule has 3 N–H and O–H groups in total. The van der Waals surface area contributed by atoms with E-state index in [1.165, 1.54) is 0 Å². The van der Waals surface area contributed by atoms with Crippen molar-refractivity contribution < 1.29 is 25.0 Å². The number of aliphatic hydroxyl groups excluding tert-OH is 2. The van der Waals surface area contributed by atoms with Crippen molar-refractivity contribution in [2.75, 3.05) is 6.61 Å². The second kappa shape index (κ2) is 8.32. The Kier molecular flexibility index (Phi) is 6.43. The zero-order chi connectivity index (χ0) is 16.8. The number of carbonyl (C=O) groups is 1. The first-order valence-corrected chi connectivity index (χ1v) is 8.30. The molecular formula is C17H25NO5. The molecule has 0 amide bonds. The van der Waals surface area contributed by atoms with E-state index in [-0.39, 0.29) is 17.8 Å². The molecule has 0 heterocycles. The quantitative estimate of drug-likeness (QED) is 0.374. The van der Waals surface area contributed by atoms with Crippen LogP contribution in [0.5, 0.6) is 0 Å². The van der Waals surface area contributed by atoms with Crippen molar-refractivity contribution in [3.63, 3.8) is 0 Å². The fourth-order valence-electron chi connectivity index (χ4n) is 3.29. The summed E-state index contributed by atoms with van der Waals surface area (Å²) in [6.45, 7) is 1.67. The van der Waals surface area contributed by atoms with Crippen LogP contribution < -0.4 is 0 Å². The van der Waals surface area contributed by atoms with Gasteiger partial charge in [0.25, 0.3) is 0 Å². The summed E-state index contributed by atoms with van der Waals surface area (Å²) in [7, 11) is 0. The minimum atomic E-state index is -1.06. The summed E-state index contributed by atoms with van der Waals surface area (Å²) in [5.74, 6) is 4.90. The Balaban J connectivity index is 1.82. The van der Waals surface area contributed by atoms with Crippen LogP contribution in [0.15, 0.2) is 5.16 Å². The Morgan fingerprint density at radius 1 is 1.48 bits per heavy atom. The zero-order valence-corrected chi connectivity index (χ0v) is 13.4. The first-order valence-electron chi connectivity index (χ1n) is 8.30. The fraction of sp³-hybridized carbons (Fsp3) is 0.765. The van der Waals surface area contributed by atoms with Crippen LogP contribution in [0.25, 0.3) is 0 Å². The third kappa shape index (κ3) is 4.69. The molecule has 0 bridgehead atoms. The number of aliphatic hydroxyl groups is 2. The number of unbranched alkanes of at least 4 members (excludes halogenated alkanes) is 2. The summed E-state index contributed by atoms with van der Waals surface area (Å²) in [5.41, 5.74) is 0.808. The molecule has 6 nitrogen and oxygen atoms in total. The highest BCUT2D eigenvalue weighted by molar-refractivity contribution is 5.93. The van der Waals surface area contributed by atoms with Gasteiger partial charge < -0.3 is 20.2 Å². The average molecular weight is 323 g/mol. The molecule has 0 radical (unpaired) electrons. The predicted octanol–water partition coefficient (Wildman–Crippen LogP) is 1.41. The van der Waals surface area contributed by atoms with Crippen LogP contribution in [0.1, 0.15) is 45.4 Å². The van der Waals surface area contributed by atoms with E-state index >= 15 is 0 Å². The predicted molar refractivity (Wildman–Crippen MR) is 84.7 cm³/mol. The monoisotopic (exact) mass is 323 g/mol. The van der Waals surface area contributed by atoms with Crippen LogP contribution in [0, 0.1) is 29.6 Å². The van der Waals surface area contributed by atoms with Crippen molar-refractivity contribution in [3.8, 4) is 11.8 Å². The molecule has 2 aliphatic carbocycles. The van der Waals surface area contributed by atoms with Crippen LogP contribution in [-0.2, 0) is 9.63 Å². The number of rotatable bonds is 7. The van der Waals surface area contributed by atoms with E-state index in [1.807, 2.05) is 0 Å². The van der Waals surface area contributed by atoms with Crippen molar-refractivity contribution in [2.24, 2.45) is 22.9 Å².